The maximum Gasteiger partial charge on any atom is 0.221 e. The van der Waals surface area contributed by atoms with Gasteiger partial charge in [-0.05, 0) is 61.2 Å². The maximum absolute atomic E-state index is 11.0. The van der Waals surface area contributed by atoms with Gasteiger partial charge in [0.15, 0.2) is 0 Å². The van der Waals surface area contributed by atoms with Crippen molar-refractivity contribution in [2.24, 2.45) is 0 Å². The van der Waals surface area contributed by atoms with Crippen molar-refractivity contribution in [2.45, 2.75) is 33.7 Å². The van der Waals surface area contributed by atoms with Crippen LogP contribution >= 0.6 is 0 Å². The molecule has 2 aromatic carbocycles. The Morgan fingerprint density at radius 1 is 1.00 bits per heavy atom. The fourth-order valence-corrected chi connectivity index (χ4v) is 2.53. The van der Waals surface area contributed by atoms with E-state index in [1.807, 2.05) is 12.1 Å². The molecule has 2 N–H and O–H groups in total. The SMILES string of the molecule is CC(=O)Nc1ccc(CCNCc2c(C)cccc2C)cc1. The summed E-state index contributed by atoms with van der Waals surface area (Å²) in [4.78, 5) is 11.0. The highest BCUT2D eigenvalue weighted by atomic mass is 16.1. The first kappa shape index (κ1) is 16.2. The van der Waals surface area contributed by atoms with Gasteiger partial charge in [-0.1, -0.05) is 30.3 Å². The van der Waals surface area contributed by atoms with Gasteiger partial charge < -0.3 is 10.6 Å². The second kappa shape index (κ2) is 7.76. The van der Waals surface area contributed by atoms with Crippen LogP contribution in [0.4, 0.5) is 5.69 Å². The normalized spacial score (nSPS) is 10.5. The van der Waals surface area contributed by atoms with E-state index in [1.165, 1.54) is 29.2 Å². The van der Waals surface area contributed by atoms with Crippen molar-refractivity contribution in [2.75, 3.05) is 11.9 Å². The minimum Gasteiger partial charge on any atom is -0.326 e. The lowest BCUT2D eigenvalue weighted by Crippen LogP contribution is -2.18. The molecule has 0 aliphatic rings. The Kier molecular flexibility index (Phi) is 5.73. The molecule has 0 aliphatic heterocycles. The van der Waals surface area contributed by atoms with Crippen molar-refractivity contribution in [1.82, 2.24) is 5.32 Å². The Balaban J connectivity index is 1.80. The molecule has 0 saturated heterocycles. The standard InChI is InChI=1S/C19H24N2O/c1-14-5-4-6-15(2)19(14)13-20-12-11-17-7-9-18(10-8-17)21-16(3)22/h4-10,20H,11-13H2,1-3H3,(H,21,22). The van der Waals surface area contributed by atoms with E-state index in [0.29, 0.717) is 0 Å². The van der Waals surface area contributed by atoms with Crippen LogP contribution in [0.5, 0.6) is 0 Å². The molecule has 3 nitrogen and oxygen atoms in total. The lowest BCUT2D eigenvalue weighted by Gasteiger charge is -2.11. The fourth-order valence-electron chi connectivity index (χ4n) is 2.53. The number of aryl methyl sites for hydroxylation is 2. The number of carbonyl (C=O) groups is 1. The highest BCUT2D eigenvalue weighted by Gasteiger charge is 2.01. The van der Waals surface area contributed by atoms with Crippen molar-refractivity contribution in [3.8, 4) is 0 Å². The molecule has 22 heavy (non-hydrogen) atoms. The van der Waals surface area contributed by atoms with E-state index in [1.54, 1.807) is 0 Å². The lowest BCUT2D eigenvalue weighted by molar-refractivity contribution is -0.114. The molecule has 3 heteroatoms. The number of anilines is 1. The fraction of sp³-hybridized carbons (Fsp3) is 0.316. The molecular formula is C19H24N2O. The van der Waals surface area contributed by atoms with Crippen molar-refractivity contribution in [3.05, 3.63) is 64.7 Å². The molecule has 116 valence electrons. The predicted octanol–water partition coefficient (Wildman–Crippen LogP) is 3.59. The number of hydrogen-bond acceptors (Lipinski definition) is 2. The van der Waals surface area contributed by atoms with Gasteiger partial charge in [-0.3, -0.25) is 4.79 Å². The molecule has 2 aromatic rings. The molecule has 0 fully saturated rings. The van der Waals surface area contributed by atoms with E-state index >= 15 is 0 Å². The Morgan fingerprint density at radius 3 is 2.23 bits per heavy atom. The molecule has 0 aromatic heterocycles. The van der Waals surface area contributed by atoms with Gasteiger partial charge in [0.05, 0.1) is 0 Å². The summed E-state index contributed by atoms with van der Waals surface area (Å²) in [6, 6.07) is 14.4. The summed E-state index contributed by atoms with van der Waals surface area (Å²) in [5.74, 6) is -0.0389. The van der Waals surface area contributed by atoms with Crippen LogP contribution in [0, 0.1) is 13.8 Å². The summed E-state index contributed by atoms with van der Waals surface area (Å²) in [5, 5.41) is 6.29. The Bertz CT molecular complexity index is 612. The lowest BCUT2D eigenvalue weighted by atomic mass is 10.0. The van der Waals surface area contributed by atoms with Crippen molar-refractivity contribution in [3.63, 3.8) is 0 Å². The molecule has 0 radical (unpaired) electrons. The Morgan fingerprint density at radius 2 is 1.64 bits per heavy atom. The third-order valence-electron chi connectivity index (χ3n) is 3.81. The average Bonchev–Trinajstić information content (AvgIpc) is 2.47. The van der Waals surface area contributed by atoms with E-state index in [2.05, 4.69) is 54.8 Å². The van der Waals surface area contributed by atoms with Gasteiger partial charge in [0.2, 0.25) is 5.91 Å². The van der Waals surface area contributed by atoms with E-state index in [4.69, 9.17) is 0 Å². The topological polar surface area (TPSA) is 41.1 Å². The first-order valence-corrected chi connectivity index (χ1v) is 7.68. The summed E-state index contributed by atoms with van der Waals surface area (Å²) >= 11 is 0. The molecule has 0 spiro atoms. The molecular weight excluding hydrogens is 272 g/mol. The number of amides is 1. The van der Waals surface area contributed by atoms with Gasteiger partial charge in [0.25, 0.3) is 0 Å². The molecule has 2 rings (SSSR count). The second-order valence-corrected chi connectivity index (χ2v) is 5.68. The van der Waals surface area contributed by atoms with Gasteiger partial charge in [0, 0.05) is 19.2 Å². The van der Waals surface area contributed by atoms with Crippen LogP contribution < -0.4 is 10.6 Å². The first-order valence-electron chi connectivity index (χ1n) is 7.68. The zero-order chi connectivity index (χ0) is 15.9. The molecule has 1 amide bonds. The quantitative estimate of drug-likeness (QED) is 0.800. The zero-order valence-corrected chi connectivity index (χ0v) is 13.6. The smallest absolute Gasteiger partial charge is 0.221 e. The Hall–Kier alpha value is -2.13. The highest BCUT2D eigenvalue weighted by molar-refractivity contribution is 5.88. The van der Waals surface area contributed by atoms with Gasteiger partial charge in [-0.15, -0.1) is 0 Å². The number of benzene rings is 2. The van der Waals surface area contributed by atoms with E-state index in [0.717, 1.165) is 25.2 Å². The molecule has 0 aliphatic carbocycles. The monoisotopic (exact) mass is 296 g/mol. The number of carbonyl (C=O) groups excluding carboxylic acids is 1. The highest BCUT2D eigenvalue weighted by Crippen LogP contribution is 2.13. The summed E-state index contributed by atoms with van der Waals surface area (Å²) in [7, 11) is 0. The molecule has 0 saturated carbocycles. The molecule has 0 unspecified atom stereocenters. The van der Waals surface area contributed by atoms with Gasteiger partial charge >= 0.3 is 0 Å². The number of nitrogens with one attached hydrogen (secondary N) is 2. The first-order chi connectivity index (χ1) is 10.6. The summed E-state index contributed by atoms with van der Waals surface area (Å²) < 4.78 is 0. The summed E-state index contributed by atoms with van der Waals surface area (Å²) in [6.45, 7) is 7.68. The zero-order valence-electron chi connectivity index (χ0n) is 13.6. The summed E-state index contributed by atoms with van der Waals surface area (Å²) in [6.07, 6.45) is 0.977. The maximum atomic E-state index is 11.0. The van der Waals surface area contributed by atoms with Crippen LogP contribution in [0.3, 0.4) is 0 Å². The van der Waals surface area contributed by atoms with Crippen LogP contribution in [0.25, 0.3) is 0 Å². The Labute approximate surface area is 132 Å². The third kappa shape index (κ3) is 4.71. The van der Waals surface area contributed by atoms with Crippen molar-refractivity contribution < 1.29 is 4.79 Å². The minimum atomic E-state index is -0.0389. The van der Waals surface area contributed by atoms with Crippen LogP contribution in [-0.4, -0.2) is 12.5 Å². The van der Waals surface area contributed by atoms with E-state index in [-0.39, 0.29) is 5.91 Å². The van der Waals surface area contributed by atoms with Crippen LogP contribution in [0.15, 0.2) is 42.5 Å². The van der Waals surface area contributed by atoms with Crippen LogP contribution in [-0.2, 0) is 17.8 Å². The molecule has 0 bridgehead atoms. The third-order valence-corrected chi connectivity index (χ3v) is 3.81. The summed E-state index contributed by atoms with van der Waals surface area (Å²) in [5.41, 5.74) is 6.19. The predicted molar refractivity (Wildman–Crippen MR) is 92.1 cm³/mol. The van der Waals surface area contributed by atoms with Crippen molar-refractivity contribution in [1.29, 1.82) is 0 Å². The largest absolute Gasteiger partial charge is 0.326 e. The van der Waals surface area contributed by atoms with Crippen molar-refractivity contribution >= 4 is 11.6 Å². The van der Waals surface area contributed by atoms with Crippen LogP contribution in [0.1, 0.15) is 29.2 Å². The molecule has 0 heterocycles. The van der Waals surface area contributed by atoms with Gasteiger partial charge in [-0.25, -0.2) is 0 Å². The molecule has 0 atom stereocenters. The van der Waals surface area contributed by atoms with Gasteiger partial charge in [0.1, 0.15) is 0 Å². The number of hydrogen-bond donors (Lipinski definition) is 2. The number of rotatable bonds is 6. The second-order valence-electron chi connectivity index (χ2n) is 5.68. The van der Waals surface area contributed by atoms with E-state index in [9.17, 15) is 4.79 Å². The average molecular weight is 296 g/mol. The minimum absolute atomic E-state index is 0.0389. The van der Waals surface area contributed by atoms with E-state index < -0.39 is 0 Å². The van der Waals surface area contributed by atoms with Crippen LogP contribution in [0.2, 0.25) is 0 Å². The van der Waals surface area contributed by atoms with Gasteiger partial charge in [-0.2, -0.15) is 0 Å².